The molecule has 1 aliphatic rings. The molecule has 0 bridgehead atoms. The average molecular weight is 878 g/mol. The van der Waals surface area contributed by atoms with Gasteiger partial charge in [0, 0.05) is 33.1 Å². The summed E-state index contributed by atoms with van der Waals surface area (Å²) in [6.07, 6.45) is 0. The molecule has 0 atom stereocenters. The first-order valence-electron chi connectivity index (χ1n) is 23.8. The SMILES string of the molecule is c1ccc(-c2ccc(N(c3ccc4c(c3)C(c3ccccc3)(c3ccccc3)c3ccccc3-4)c3ccccc3-c3ccc4c5ccccc5c5c(ccc6oc7ccccc7c65)c4c3)cc2)cc1. The first-order valence-corrected chi connectivity index (χ1v) is 23.8. The largest absolute Gasteiger partial charge is 0.456 e. The highest BCUT2D eigenvalue weighted by atomic mass is 16.3. The smallest absolute Gasteiger partial charge is 0.136 e. The Morgan fingerprint density at radius 3 is 1.59 bits per heavy atom. The molecule has 0 unspecified atom stereocenters. The molecule has 2 nitrogen and oxygen atoms in total. The Bertz CT molecular complexity index is 4080. The summed E-state index contributed by atoms with van der Waals surface area (Å²) in [5, 5.41) is 9.66. The third-order valence-corrected chi connectivity index (χ3v) is 14.7. The van der Waals surface area contributed by atoms with Crippen LogP contribution in [0.3, 0.4) is 0 Å². The van der Waals surface area contributed by atoms with Gasteiger partial charge in [0.15, 0.2) is 0 Å². The Kier molecular flexibility index (Phi) is 8.84. The molecule has 0 N–H and O–H groups in total. The highest BCUT2D eigenvalue weighted by Gasteiger charge is 2.46. The number of benzene rings is 12. The standard InChI is InChI=1S/C67H43NO/c1-4-18-44(19-5-1)45-32-35-49(36-33-45)68(50-37-39-55-54-26-12-15-29-60(54)67(61(55)43-50,47-20-6-2-7-21-47)48-22-8-3-9-23-48)62-30-16-13-24-51(62)46-34-38-53-52-25-10-11-27-56(52)65-57(59(53)42-46)40-41-64-66(65)58-28-14-17-31-63(58)69-64/h1-43H. The highest BCUT2D eigenvalue weighted by molar-refractivity contribution is 6.34. The van der Waals surface area contributed by atoms with E-state index in [1.54, 1.807) is 0 Å². The van der Waals surface area contributed by atoms with Crippen LogP contribution in [0.2, 0.25) is 0 Å². The molecule has 1 aliphatic carbocycles. The number of para-hydroxylation sites is 2. The van der Waals surface area contributed by atoms with E-state index in [2.05, 4.69) is 266 Å². The first-order chi connectivity index (χ1) is 34.2. The molecule has 322 valence electrons. The third-order valence-electron chi connectivity index (χ3n) is 14.7. The van der Waals surface area contributed by atoms with Crippen molar-refractivity contribution in [3.63, 3.8) is 0 Å². The van der Waals surface area contributed by atoms with Crippen molar-refractivity contribution in [1.82, 2.24) is 0 Å². The summed E-state index contributed by atoms with van der Waals surface area (Å²) in [5.74, 6) is 0. The summed E-state index contributed by atoms with van der Waals surface area (Å²) < 4.78 is 6.48. The van der Waals surface area contributed by atoms with Crippen molar-refractivity contribution in [2.75, 3.05) is 4.90 Å². The molecule has 0 radical (unpaired) electrons. The van der Waals surface area contributed by atoms with E-state index < -0.39 is 5.41 Å². The van der Waals surface area contributed by atoms with Crippen LogP contribution in [-0.4, -0.2) is 0 Å². The first kappa shape index (κ1) is 39.2. The Hall–Kier alpha value is -8.98. The molecule has 0 spiro atoms. The maximum absolute atomic E-state index is 6.48. The van der Waals surface area contributed by atoms with Crippen molar-refractivity contribution in [3.05, 3.63) is 283 Å². The lowest BCUT2D eigenvalue weighted by atomic mass is 9.67. The van der Waals surface area contributed by atoms with Gasteiger partial charge in [-0.3, -0.25) is 0 Å². The summed E-state index contributed by atoms with van der Waals surface area (Å²) in [6, 6.07) is 95.7. The van der Waals surface area contributed by atoms with Crippen LogP contribution >= 0.6 is 0 Å². The summed E-state index contributed by atoms with van der Waals surface area (Å²) in [7, 11) is 0. The highest BCUT2D eigenvalue weighted by Crippen LogP contribution is 2.57. The Morgan fingerprint density at radius 1 is 0.290 bits per heavy atom. The molecule has 13 aromatic rings. The topological polar surface area (TPSA) is 16.4 Å². The van der Waals surface area contributed by atoms with Gasteiger partial charge in [-0.15, -0.1) is 0 Å². The van der Waals surface area contributed by atoms with Crippen molar-refractivity contribution >= 4 is 71.3 Å². The lowest BCUT2D eigenvalue weighted by Crippen LogP contribution is -2.28. The predicted octanol–water partition coefficient (Wildman–Crippen LogP) is 18.2. The van der Waals surface area contributed by atoms with Crippen LogP contribution in [0.1, 0.15) is 22.3 Å². The van der Waals surface area contributed by atoms with Crippen molar-refractivity contribution in [2.24, 2.45) is 0 Å². The van der Waals surface area contributed by atoms with Crippen LogP contribution in [0.5, 0.6) is 0 Å². The van der Waals surface area contributed by atoms with Crippen molar-refractivity contribution in [2.45, 2.75) is 5.41 Å². The van der Waals surface area contributed by atoms with E-state index in [0.717, 1.165) is 50.1 Å². The van der Waals surface area contributed by atoms with E-state index >= 15 is 0 Å². The Morgan fingerprint density at radius 2 is 0.826 bits per heavy atom. The van der Waals surface area contributed by atoms with E-state index in [4.69, 9.17) is 4.42 Å². The van der Waals surface area contributed by atoms with Crippen LogP contribution in [0.25, 0.3) is 87.6 Å². The van der Waals surface area contributed by atoms with Gasteiger partial charge in [-0.25, -0.2) is 0 Å². The molecule has 0 saturated heterocycles. The zero-order chi connectivity index (χ0) is 45.5. The predicted molar refractivity (Wildman–Crippen MR) is 289 cm³/mol. The van der Waals surface area contributed by atoms with Gasteiger partial charge in [-0.2, -0.15) is 0 Å². The molecule has 0 aliphatic heterocycles. The lowest BCUT2D eigenvalue weighted by molar-refractivity contribution is 0.669. The van der Waals surface area contributed by atoms with Gasteiger partial charge in [0.1, 0.15) is 11.2 Å². The fourth-order valence-electron chi connectivity index (χ4n) is 11.8. The molecule has 2 heteroatoms. The Balaban J connectivity index is 1.02. The second kappa shape index (κ2) is 15.6. The van der Waals surface area contributed by atoms with Crippen LogP contribution in [-0.2, 0) is 5.41 Å². The van der Waals surface area contributed by atoms with Gasteiger partial charge in [-0.05, 0) is 132 Å². The van der Waals surface area contributed by atoms with Gasteiger partial charge >= 0.3 is 0 Å². The van der Waals surface area contributed by atoms with E-state index in [1.807, 2.05) is 0 Å². The molecule has 0 amide bonds. The zero-order valence-electron chi connectivity index (χ0n) is 37.7. The fraction of sp³-hybridized carbons (Fsp3) is 0.0149. The fourth-order valence-corrected chi connectivity index (χ4v) is 11.8. The molecule has 1 heterocycles. The van der Waals surface area contributed by atoms with Gasteiger partial charge < -0.3 is 9.32 Å². The zero-order valence-corrected chi connectivity index (χ0v) is 37.7. The molecule has 0 fully saturated rings. The minimum atomic E-state index is -0.541. The summed E-state index contributed by atoms with van der Waals surface area (Å²) in [4.78, 5) is 2.47. The number of nitrogens with zero attached hydrogens (tertiary/aromatic N) is 1. The number of fused-ring (bicyclic) bond motifs is 13. The monoisotopic (exact) mass is 877 g/mol. The second-order valence-corrected chi connectivity index (χ2v) is 18.3. The number of anilines is 3. The molecule has 12 aromatic carbocycles. The van der Waals surface area contributed by atoms with Gasteiger partial charge in [0.25, 0.3) is 0 Å². The molecule has 0 saturated carbocycles. The van der Waals surface area contributed by atoms with Gasteiger partial charge in [0.2, 0.25) is 0 Å². The minimum absolute atomic E-state index is 0.541. The quantitative estimate of drug-likeness (QED) is 0.148. The minimum Gasteiger partial charge on any atom is -0.456 e. The number of hydrogen-bond donors (Lipinski definition) is 0. The number of furan rings is 1. The van der Waals surface area contributed by atoms with Crippen LogP contribution in [0, 0.1) is 0 Å². The van der Waals surface area contributed by atoms with Crippen LogP contribution < -0.4 is 4.90 Å². The average Bonchev–Trinajstić information content (AvgIpc) is 3.96. The summed E-state index contributed by atoms with van der Waals surface area (Å²) in [5.41, 5.74) is 16.8. The Labute approximate surface area is 400 Å². The number of rotatable bonds is 7. The summed E-state index contributed by atoms with van der Waals surface area (Å²) in [6.45, 7) is 0. The lowest BCUT2D eigenvalue weighted by Gasteiger charge is -2.35. The molecule has 69 heavy (non-hydrogen) atoms. The van der Waals surface area contributed by atoms with Gasteiger partial charge in [-0.1, -0.05) is 206 Å². The van der Waals surface area contributed by atoms with Crippen LogP contribution in [0.15, 0.2) is 265 Å². The number of hydrogen-bond acceptors (Lipinski definition) is 2. The maximum atomic E-state index is 6.48. The normalized spacial score (nSPS) is 12.8. The molecular weight excluding hydrogens is 835 g/mol. The van der Waals surface area contributed by atoms with E-state index in [-0.39, 0.29) is 0 Å². The molecular formula is C67H43NO. The summed E-state index contributed by atoms with van der Waals surface area (Å²) >= 11 is 0. The van der Waals surface area contributed by atoms with Crippen molar-refractivity contribution in [3.8, 4) is 33.4 Å². The van der Waals surface area contributed by atoms with Crippen molar-refractivity contribution < 1.29 is 4.42 Å². The van der Waals surface area contributed by atoms with E-state index in [0.29, 0.717) is 0 Å². The maximum Gasteiger partial charge on any atom is 0.136 e. The molecule has 14 rings (SSSR count). The van der Waals surface area contributed by atoms with Crippen molar-refractivity contribution in [1.29, 1.82) is 0 Å². The van der Waals surface area contributed by atoms with E-state index in [1.165, 1.54) is 76.8 Å². The van der Waals surface area contributed by atoms with Crippen LogP contribution in [0.4, 0.5) is 17.1 Å². The third kappa shape index (κ3) is 5.92. The second-order valence-electron chi connectivity index (χ2n) is 18.3. The molecule has 1 aromatic heterocycles. The van der Waals surface area contributed by atoms with E-state index in [9.17, 15) is 0 Å². The van der Waals surface area contributed by atoms with Gasteiger partial charge in [0.05, 0.1) is 11.1 Å².